The predicted octanol–water partition coefficient (Wildman–Crippen LogP) is 3.03. The third-order valence-electron chi connectivity index (χ3n) is 1.90. The summed E-state index contributed by atoms with van der Waals surface area (Å²) < 4.78 is 4.73. The molecule has 0 fully saturated rings. The number of rotatable bonds is 4. The van der Waals surface area contributed by atoms with Crippen LogP contribution in [0.5, 0.6) is 0 Å². The van der Waals surface area contributed by atoms with Crippen molar-refractivity contribution < 1.29 is 14.3 Å². The van der Waals surface area contributed by atoms with Crippen molar-refractivity contribution in [2.45, 2.75) is 6.92 Å². The third-order valence-corrected chi connectivity index (χ3v) is 2.24. The lowest BCUT2D eigenvalue weighted by Gasteiger charge is -2.05. The number of carbonyl (C=O) groups excluding carboxylic acids is 2. The third kappa shape index (κ3) is 4.28. The van der Waals surface area contributed by atoms with E-state index in [-0.39, 0.29) is 0 Å². The Kier molecular flexibility index (Phi) is 5.23. The molecular formula is C12H12ClNO3. The Hall–Kier alpha value is -1.81. The van der Waals surface area contributed by atoms with Crippen LogP contribution in [0.3, 0.4) is 0 Å². The van der Waals surface area contributed by atoms with Gasteiger partial charge in [-0.25, -0.2) is 4.79 Å². The molecule has 1 amide bonds. The number of hydrogen-bond acceptors (Lipinski definition) is 3. The molecule has 90 valence electrons. The first-order valence-corrected chi connectivity index (χ1v) is 5.40. The molecule has 0 aromatic heterocycles. The summed E-state index contributed by atoms with van der Waals surface area (Å²) in [7, 11) is 0. The van der Waals surface area contributed by atoms with E-state index in [2.05, 4.69) is 5.32 Å². The highest BCUT2D eigenvalue weighted by Gasteiger charge is 2.02. The Balaban J connectivity index is 2.71. The van der Waals surface area contributed by atoms with E-state index in [1.165, 1.54) is 6.08 Å². The van der Waals surface area contributed by atoms with E-state index in [4.69, 9.17) is 16.3 Å². The van der Waals surface area contributed by atoms with Gasteiger partial charge in [0.2, 0.25) is 0 Å². The van der Waals surface area contributed by atoms with Gasteiger partial charge in [0.05, 0.1) is 11.6 Å². The number of benzene rings is 1. The van der Waals surface area contributed by atoms with Gasteiger partial charge in [0, 0.05) is 5.69 Å². The van der Waals surface area contributed by atoms with Crippen LogP contribution in [-0.4, -0.2) is 19.0 Å². The summed E-state index contributed by atoms with van der Waals surface area (Å²) >= 11 is 5.83. The Morgan fingerprint density at radius 1 is 1.41 bits per heavy atom. The molecular weight excluding hydrogens is 242 g/mol. The number of amides is 1. The van der Waals surface area contributed by atoms with Crippen molar-refractivity contribution in [3.63, 3.8) is 0 Å². The average molecular weight is 254 g/mol. The van der Waals surface area contributed by atoms with E-state index in [1.54, 1.807) is 31.2 Å². The van der Waals surface area contributed by atoms with Gasteiger partial charge in [-0.3, -0.25) is 10.1 Å². The quantitative estimate of drug-likeness (QED) is 0.663. The molecule has 0 aliphatic heterocycles. The summed E-state index contributed by atoms with van der Waals surface area (Å²) in [6, 6.07) is 6.74. The summed E-state index contributed by atoms with van der Waals surface area (Å²) in [5.74, 6) is 0. The molecule has 0 aliphatic rings. The number of ether oxygens (including phenoxy) is 1. The van der Waals surface area contributed by atoms with E-state index in [9.17, 15) is 9.59 Å². The summed E-state index contributed by atoms with van der Waals surface area (Å²) in [6.07, 6.45) is 1.37. The molecule has 0 atom stereocenters. The molecule has 0 saturated heterocycles. The topological polar surface area (TPSA) is 55.4 Å². The molecule has 1 aromatic carbocycles. The van der Waals surface area contributed by atoms with E-state index in [0.717, 1.165) is 0 Å². The lowest BCUT2D eigenvalue weighted by Crippen LogP contribution is -2.13. The summed E-state index contributed by atoms with van der Waals surface area (Å²) in [5, 5.41) is 2.90. The van der Waals surface area contributed by atoms with Crippen LogP contribution in [-0.2, 0) is 9.53 Å². The fourth-order valence-electron chi connectivity index (χ4n) is 1.15. The summed E-state index contributed by atoms with van der Waals surface area (Å²) in [4.78, 5) is 21.4. The predicted molar refractivity (Wildman–Crippen MR) is 67.0 cm³/mol. The molecule has 0 bridgehead atoms. The molecule has 1 aromatic rings. The second-order valence-electron chi connectivity index (χ2n) is 3.07. The molecule has 1 N–H and O–H groups in total. The number of hydrogen-bond donors (Lipinski definition) is 1. The van der Waals surface area contributed by atoms with Gasteiger partial charge in [0.1, 0.15) is 6.29 Å². The van der Waals surface area contributed by atoms with Crippen molar-refractivity contribution in [2.75, 3.05) is 11.9 Å². The van der Waals surface area contributed by atoms with Crippen LogP contribution >= 0.6 is 11.6 Å². The first kappa shape index (κ1) is 13.3. The maximum absolute atomic E-state index is 11.1. The molecule has 0 radical (unpaired) electrons. The molecule has 0 heterocycles. The molecule has 0 unspecified atom stereocenters. The first-order chi connectivity index (χ1) is 8.17. The van der Waals surface area contributed by atoms with Gasteiger partial charge < -0.3 is 4.74 Å². The van der Waals surface area contributed by atoms with Crippen molar-refractivity contribution in [1.82, 2.24) is 0 Å². The van der Waals surface area contributed by atoms with Crippen LogP contribution in [0, 0.1) is 0 Å². The minimum Gasteiger partial charge on any atom is -0.450 e. The number of aldehydes is 1. The Morgan fingerprint density at radius 2 is 2.06 bits per heavy atom. The maximum Gasteiger partial charge on any atom is 0.411 e. The standard InChI is InChI=1S/C12H12ClNO3/c1-2-17-12(16)14-10-5-3-9(4-6-10)11(13)7-8-15/h3-8H,2H2,1H3,(H,14,16). The minimum atomic E-state index is -0.505. The smallest absolute Gasteiger partial charge is 0.411 e. The number of carbonyl (C=O) groups is 2. The number of allylic oxidation sites excluding steroid dienone is 1. The van der Waals surface area contributed by atoms with E-state index in [1.807, 2.05) is 0 Å². The van der Waals surface area contributed by atoms with Crippen molar-refractivity contribution in [2.24, 2.45) is 0 Å². The Bertz CT molecular complexity index is 426. The van der Waals surface area contributed by atoms with Crippen LogP contribution < -0.4 is 5.32 Å². The van der Waals surface area contributed by atoms with Gasteiger partial charge in [0.15, 0.2) is 0 Å². The average Bonchev–Trinajstić information content (AvgIpc) is 2.30. The van der Waals surface area contributed by atoms with Gasteiger partial charge in [0.25, 0.3) is 0 Å². The van der Waals surface area contributed by atoms with Crippen molar-refractivity contribution >= 4 is 34.7 Å². The zero-order valence-electron chi connectivity index (χ0n) is 9.27. The van der Waals surface area contributed by atoms with Crippen molar-refractivity contribution in [3.8, 4) is 0 Å². The van der Waals surface area contributed by atoms with Crippen molar-refractivity contribution in [1.29, 1.82) is 0 Å². The van der Waals surface area contributed by atoms with E-state index in [0.29, 0.717) is 29.2 Å². The normalized spacial score (nSPS) is 10.8. The second kappa shape index (κ2) is 6.70. The van der Waals surface area contributed by atoms with Gasteiger partial charge in [-0.05, 0) is 30.7 Å². The fourth-order valence-corrected chi connectivity index (χ4v) is 1.33. The lowest BCUT2D eigenvalue weighted by molar-refractivity contribution is -0.104. The lowest BCUT2D eigenvalue weighted by atomic mass is 10.2. The SMILES string of the molecule is CCOC(=O)Nc1ccc(C(Cl)=CC=O)cc1. The second-order valence-corrected chi connectivity index (χ2v) is 3.48. The van der Waals surface area contributed by atoms with Gasteiger partial charge in [-0.1, -0.05) is 23.7 Å². The number of halogens is 1. The zero-order valence-corrected chi connectivity index (χ0v) is 10.0. The van der Waals surface area contributed by atoms with E-state index >= 15 is 0 Å². The molecule has 4 nitrogen and oxygen atoms in total. The first-order valence-electron chi connectivity index (χ1n) is 5.02. The summed E-state index contributed by atoms with van der Waals surface area (Å²) in [6.45, 7) is 2.05. The monoisotopic (exact) mass is 253 g/mol. The molecule has 5 heteroatoms. The Morgan fingerprint density at radius 3 is 2.59 bits per heavy atom. The largest absolute Gasteiger partial charge is 0.450 e. The van der Waals surface area contributed by atoms with Crippen LogP contribution in [0.25, 0.3) is 5.03 Å². The molecule has 0 spiro atoms. The minimum absolute atomic E-state index is 0.317. The number of anilines is 1. The molecule has 0 aliphatic carbocycles. The molecule has 1 rings (SSSR count). The van der Waals surface area contributed by atoms with Gasteiger partial charge in [-0.2, -0.15) is 0 Å². The van der Waals surface area contributed by atoms with Crippen LogP contribution in [0.1, 0.15) is 12.5 Å². The van der Waals surface area contributed by atoms with E-state index < -0.39 is 6.09 Å². The van der Waals surface area contributed by atoms with Crippen LogP contribution in [0.15, 0.2) is 30.3 Å². The number of nitrogens with one attached hydrogen (secondary N) is 1. The fraction of sp³-hybridized carbons (Fsp3) is 0.167. The molecule has 17 heavy (non-hydrogen) atoms. The van der Waals surface area contributed by atoms with Crippen LogP contribution in [0.2, 0.25) is 0 Å². The zero-order chi connectivity index (χ0) is 12.7. The highest BCUT2D eigenvalue weighted by Crippen LogP contribution is 2.20. The maximum atomic E-state index is 11.1. The highest BCUT2D eigenvalue weighted by molar-refractivity contribution is 6.49. The summed E-state index contributed by atoms with van der Waals surface area (Å²) in [5.41, 5.74) is 1.30. The Labute approximate surface area is 104 Å². The van der Waals surface area contributed by atoms with Gasteiger partial charge >= 0.3 is 6.09 Å². The molecule has 0 saturated carbocycles. The van der Waals surface area contributed by atoms with Crippen molar-refractivity contribution in [3.05, 3.63) is 35.9 Å². The van der Waals surface area contributed by atoms with Crippen LogP contribution in [0.4, 0.5) is 10.5 Å². The van der Waals surface area contributed by atoms with Gasteiger partial charge in [-0.15, -0.1) is 0 Å². The highest BCUT2D eigenvalue weighted by atomic mass is 35.5.